The third-order valence-corrected chi connectivity index (χ3v) is 7.09. The van der Waals surface area contributed by atoms with Crippen LogP contribution in [0.4, 0.5) is 0 Å². The van der Waals surface area contributed by atoms with Gasteiger partial charge in [-0.3, -0.25) is 4.98 Å². The van der Waals surface area contributed by atoms with Crippen molar-refractivity contribution in [3.05, 3.63) is 71.4 Å². The number of nitrogens with two attached hydrogens (primary N) is 1. The lowest BCUT2D eigenvalue weighted by Gasteiger charge is -2.11. The third kappa shape index (κ3) is 7.38. The van der Waals surface area contributed by atoms with Gasteiger partial charge in [-0.05, 0) is 85.2 Å². The summed E-state index contributed by atoms with van der Waals surface area (Å²) in [5.41, 5.74) is 8.40. The van der Waals surface area contributed by atoms with Crippen molar-refractivity contribution in [3.63, 3.8) is 0 Å². The minimum absolute atomic E-state index is 0.417. The maximum atomic E-state index is 9.55. The van der Waals surface area contributed by atoms with Gasteiger partial charge in [0.05, 0.1) is 12.3 Å². The van der Waals surface area contributed by atoms with Crippen LogP contribution < -0.4 is 10.5 Å². The maximum Gasteiger partial charge on any atom is 0.328 e. The number of fused-ring (bicyclic) bond motifs is 1. The second-order valence-corrected chi connectivity index (χ2v) is 10.3. The van der Waals surface area contributed by atoms with Crippen LogP contribution in [0.1, 0.15) is 25.7 Å². The number of carbonyl (C=O) groups is 2. The predicted octanol–water partition coefficient (Wildman–Crippen LogP) is 5.52. The van der Waals surface area contributed by atoms with Gasteiger partial charge in [0, 0.05) is 39.8 Å². The van der Waals surface area contributed by atoms with E-state index in [1.54, 1.807) is 0 Å². The largest absolute Gasteiger partial charge is 0.493 e. The summed E-state index contributed by atoms with van der Waals surface area (Å²) in [4.78, 5) is 23.7. The first kappa shape index (κ1) is 25.9. The van der Waals surface area contributed by atoms with Crippen molar-refractivity contribution in [1.29, 1.82) is 0 Å². The highest BCUT2D eigenvalue weighted by atomic mass is 79.9. The molecule has 0 aliphatic heterocycles. The van der Waals surface area contributed by atoms with Crippen LogP contribution in [0.15, 0.2) is 71.4 Å². The van der Waals surface area contributed by atoms with Crippen molar-refractivity contribution in [2.75, 3.05) is 6.61 Å². The zero-order valence-electron chi connectivity index (χ0n) is 19.7. The maximum absolute atomic E-state index is 9.55. The molecule has 188 valence electrons. The zero-order chi connectivity index (χ0) is 25.7. The average Bonchev–Trinajstić information content (AvgIpc) is 3.78. The van der Waals surface area contributed by atoms with Gasteiger partial charge in [0.15, 0.2) is 0 Å². The number of aromatic nitrogens is 1. The number of nitrogens with zero attached hydrogens (tertiary/aromatic N) is 1. The van der Waals surface area contributed by atoms with Gasteiger partial charge in [-0.15, -0.1) is 0 Å². The first-order valence-electron chi connectivity index (χ1n) is 12.0. The highest BCUT2D eigenvalue weighted by Crippen LogP contribution is 2.45. The van der Waals surface area contributed by atoms with Gasteiger partial charge in [0.2, 0.25) is 0 Å². The van der Waals surface area contributed by atoms with Crippen LogP contribution in [-0.2, 0) is 9.59 Å². The average molecular weight is 553 g/mol. The molecule has 7 nitrogen and oxygen atoms in total. The fraction of sp³-hybridized carbons (Fsp3) is 0.321. The van der Waals surface area contributed by atoms with E-state index in [1.807, 2.05) is 6.20 Å². The molecule has 0 spiro atoms. The Labute approximate surface area is 218 Å². The van der Waals surface area contributed by atoms with E-state index in [0.717, 1.165) is 50.7 Å². The van der Waals surface area contributed by atoms with Crippen LogP contribution in [0.25, 0.3) is 22.0 Å². The van der Waals surface area contributed by atoms with Crippen LogP contribution in [0, 0.1) is 17.8 Å². The molecule has 0 saturated heterocycles. The number of ether oxygens (including phenoxy) is 1. The summed E-state index contributed by atoms with van der Waals surface area (Å²) in [6.45, 7) is 0.804. The second-order valence-electron chi connectivity index (χ2n) is 9.36. The molecule has 1 heterocycles. The minimum atomic E-state index is -1.26. The lowest BCUT2D eigenvalue weighted by Crippen LogP contribution is -2.23. The molecule has 0 radical (unpaired) electrons. The molecule has 2 aliphatic rings. The van der Waals surface area contributed by atoms with Crippen LogP contribution in [0.5, 0.6) is 5.75 Å². The van der Waals surface area contributed by atoms with Crippen molar-refractivity contribution in [3.8, 4) is 17.0 Å². The lowest BCUT2D eigenvalue weighted by atomic mass is 10.0. The van der Waals surface area contributed by atoms with Crippen LogP contribution in [0.2, 0.25) is 0 Å². The highest BCUT2D eigenvalue weighted by Gasteiger charge is 2.41. The van der Waals surface area contributed by atoms with E-state index in [2.05, 4.69) is 69.4 Å². The van der Waals surface area contributed by atoms with E-state index in [4.69, 9.17) is 20.7 Å². The molecule has 3 atom stereocenters. The Bertz CT molecular complexity index is 1240. The third-order valence-electron chi connectivity index (χ3n) is 6.56. The van der Waals surface area contributed by atoms with Gasteiger partial charge in [0.25, 0.3) is 0 Å². The Hall–Kier alpha value is -3.23. The summed E-state index contributed by atoms with van der Waals surface area (Å²) >= 11 is 3.49. The number of benzene rings is 2. The number of carboxylic acid groups (broad SMARTS) is 2. The Morgan fingerprint density at radius 1 is 1.06 bits per heavy atom. The van der Waals surface area contributed by atoms with Crippen molar-refractivity contribution in [2.45, 2.75) is 31.7 Å². The molecule has 0 amide bonds. The van der Waals surface area contributed by atoms with Gasteiger partial charge < -0.3 is 20.7 Å². The van der Waals surface area contributed by atoms with Gasteiger partial charge >= 0.3 is 11.9 Å². The smallest absolute Gasteiger partial charge is 0.328 e. The summed E-state index contributed by atoms with van der Waals surface area (Å²) in [6.07, 6.45) is 8.11. The normalized spacial score (nSPS) is 19.4. The van der Waals surface area contributed by atoms with Gasteiger partial charge in [-0.1, -0.05) is 28.1 Å². The molecular formula is C28H29BrN2O5. The van der Waals surface area contributed by atoms with Crippen molar-refractivity contribution in [1.82, 2.24) is 4.98 Å². The van der Waals surface area contributed by atoms with Gasteiger partial charge in [-0.25, -0.2) is 9.59 Å². The Morgan fingerprint density at radius 2 is 1.75 bits per heavy atom. The van der Waals surface area contributed by atoms with E-state index in [9.17, 15) is 9.59 Å². The van der Waals surface area contributed by atoms with E-state index < -0.39 is 11.9 Å². The number of aliphatic carboxylic acids is 2. The quantitative estimate of drug-likeness (QED) is 0.298. The van der Waals surface area contributed by atoms with E-state index in [-0.39, 0.29) is 0 Å². The number of pyridine rings is 1. The molecule has 2 aromatic carbocycles. The van der Waals surface area contributed by atoms with Gasteiger partial charge in [-0.2, -0.15) is 0 Å². The lowest BCUT2D eigenvalue weighted by molar-refractivity contribution is -0.134. The fourth-order valence-electron chi connectivity index (χ4n) is 4.30. The predicted molar refractivity (Wildman–Crippen MR) is 142 cm³/mol. The monoisotopic (exact) mass is 552 g/mol. The summed E-state index contributed by atoms with van der Waals surface area (Å²) in [7, 11) is 0. The number of hydrogen-bond acceptors (Lipinski definition) is 5. The molecule has 2 saturated carbocycles. The van der Waals surface area contributed by atoms with Crippen molar-refractivity contribution < 1.29 is 24.5 Å². The zero-order valence-corrected chi connectivity index (χ0v) is 21.3. The molecule has 3 unspecified atom stereocenters. The summed E-state index contributed by atoms with van der Waals surface area (Å²) in [5.74, 6) is 0.675. The van der Waals surface area contributed by atoms with Crippen LogP contribution in [0.3, 0.4) is 0 Å². The van der Waals surface area contributed by atoms with Crippen molar-refractivity contribution >= 4 is 38.6 Å². The number of halogens is 1. The van der Waals surface area contributed by atoms with Gasteiger partial charge in [0.1, 0.15) is 5.75 Å². The molecule has 1 aromatic heterocycles. The number of hydrogen-bond donors (Lipinski definition) is 3. The first-order chi connectivity index (χ1) is 17.3. The Balaban J connectivity index is 0.000000331. The SMILES string of the molecule is NC(CC1CC1COc1ccc2c(-c3ccc(Br)cc3)nccc2c1)C1CC1.O=C(O)/C=C/C(=O)O. The second kappa shape index (κ2) is 11.7. The summed E-state index contributed by atoms with van der Waals surface area (Å²) in [6, 6.07) is 17.1. The summed E-state index contributed by atoms with van der Waals surface area (Å²) < 4.78 is 7.19. The molecule has 4 N–H and O–H groups in total. The van der Waals surface area contributed by atoms with Crippen LogP contribution in [-0.4, -0.2) is 39.8 Å². The minimum Gasteiger partial charge on any atom is -0.493 e. The molecule has 2 fully saturated rings. The van der Waals surface area contributed by atoms with E-state index in [1.165, 1.54) is 25.7 Å². The highest BCUT2D eigenvalue weighted by molar-refractivity contribution is 9.10. The van der Waals surface area contributed by atoms with E-state index >= 15 is 0 Å². The molecule has 0 bridgehead atoms. The molecule has 3 aromatic rings. The molecule has 8 heteroatoms. The number of rotatable bonds is 9. The molecular weight excluding hydrogens is 524 g/mol. The van der Waals surface area contributed by atoms with Crippen molar-refractivity contribution in [2.24, 2.45) is 23.5 Å². The van der Waals surface area contributed by atoms with Crippen LogP contribution >= 0.6 is 15.9 Å². The summed E-state index contributed by atoms with van der Waals surface area (Å²) in [5, 5.41) is 17.9. The molecule has 2 aliphatic carbocycles. The topological polar surface area (TPSA) is 123 Å². The Kier molecular flexibility index (Phi) is 8.38. The fourth-order valence-corrected chi connectivity index (χ4v) is 4.56. The molecule has 36 heavy (non-hydrogen) atoms. The Morgan fingerprint density at radius 3 is 2.39 bits per heavy atom. The number of carboxylic acids is 2. The molecule has 5 rings (SSSR count). The first-order valence-corrected chi connectivity index (χ1v) is 12.8. The van der Waals surface area contributed by atoms with E-state index in [0.29, 0.717) is 24.1 Å². The standard InChI is InChI=1S/C24H25BrN2O.C4H4O4/c25-20-5-3-16(4-6-20)24-22-8-7-21(12-17(22)9-10-27-24)28-14-19-11-18(19)13-23(26)15-1-2-15;5-3(6)1-2-4(7)8/h3-10,12,15,18-19,23H,1-2,11,13-14,26H2;1-2H,(H,5,6)(H,7,8)/b;2-1+.